The van der Waals surface area contributed by atoms with E-state index in [1.807, 2.05) is 0 Å². The first-order valence-electron chi connectivity index (χ1n) is 6.50. The molecule has 0 aromatic carbocycles. The van der Waals surface area contributed by atoms with Gasteiger partial charge in [-0.3, -0.25) is 4.79 Å². The summed E-state index contributed by atoms with van der Waals surface area (Å²) in [6, 6.07) is 6.69. The molecule has 0 fully saturated rings. The first-order valence-corrected chi connectivity index (χ1v) is 6.50. The number of amides is 1. The fraction of sp³-hybridized carbons (Fsp3) is 0.333. The van der Waals surface area contributed by atoms with E-state index in [0.717, 1.165) is 0 Å². The average Bonchev–Trinajstić information content (AvgIpc) is 2.92. The highest BCUT2D eigenvalue weighted by Crippen LogP contribution is 2.22. The molecule has 2 aromatic heterocycles. The Hall–Kier alpha value is -2.34. The molecule has 0 bridgehead atoms. The van der Waals surface area contributed by atoms with Crippen molar-refractivity contribution in [2.75, 3.05) is 13.7 Å². The van der Waals surface area contributed by atoms with Gasteiger partial charge in [-0.15, -0.1) is 0 Å². The van der Waals surface area contributed by atoms with Crippen LogP contribution in [-0.2, 0) is 5.60 Å². The maximum atomic E-state index is 12.1. The standard InChI is InChI=1S/C15H18N2O4/c1-10-6-7-12(21-10)15(2,19)9-17-13(18)11-5-4-8-16-14(11)20-3/h4-8,19H,9H2,1-3H3,(H,17,18). The summed E-state index contributed by atoms with van der Waals surface area (Å²) in [6.07, 6.45) is 1.54. The molecule has 0 saturated carbocycles. The third kappa shape index (κ3) is 3.41. The quantitative estimate of drug-likeness (QED) is 0.874. The molecule has 0 aliphatic carbocycles. The molecule has 0 aliphatic rings. The van der Waals surface area contributed by atoms with E-state index in [1.165, 1.54) is 13.3 Å². The first-order chi connectivity index (χ1) is 9.94. The number of methoxy groups -OCH3 is 1. The number of ether oxygens (including phenoxy) is 1. The molecule has 2 rings (SSSR count). The molecule has 0 saturated heterocycles. The first kappa shape index (κ1) is 15.1. The Balaban J connectivity index is 2.07. The maximum Gasteiger partial charge on any atom is 0.256 e. The van der Waals surface area contributed by atoms with Crippen molar-refractivity contribution in [3.63, 3.8) is 0 Å². The minimum Gasteiger partial charge on any atom is -0.480 e. The topological polar surface area (TPSA) is 84.6 Å². The molecule has 2 N–H and O–H groups in total. The van der Waals surface area contributed by atoms with Gasteiger partial charge in [0.2, 0.25) is 5.88 Å². The second-order valence-electron chi connectivity index (χ2n) is 4.93. The van der Waals surface area contributed by atoms with Gasteiger partial charge < -0.3 is 19.6 Å². The summed E-state index contributed by atoms with van der Waals surface area (Å²) < 4.78 is 10.4. The molecule has 2 heterocycles. The van der Waals surface area contributed by atoms with Gasteiger partial charge in [0.05, 0.1) is 13.7 Å². The van der Waals surface area contributed by atoms with Crippen LogP contribution in [0, 0.1) is 6.92 Å². The Kier molecular flexibility index (Phi) is 4.28. The molecule has 0 spiro atoms. The van der Waals surface area contributed by atoms with Crippen molar-refractivity contribution in [1.29, 1.82) is 0 Å². The number of furan rings is 1. The van der Waals surface area contributed by atoms with Crippen molar-refractivity contribution in [3.05, 3.63) is 47.5 Å². The zero-order valence-corrected chi connectivity index (χ0v) is 12.2. The van der Waals surface area contributed by atoms with Gasteiger partial charge in [0, 0.05) is 6.20 Å². The molecule has 1 atom stereocenters. The number of carbonyl (C=O) groups is 1. The second kappa shape index (κ2) is 5.97. The van der Waals surface area contributed by atoms with Crippen molar-refractivity contribution in [2.45, 2.75) is 19.4 Å². The number of pyridine rings is 1. The number of hydrogen-bond donors (Lipinski definition) is 2. The average molecular weight is 290 g/mol. The van der Waals surface area contributed by atoms with E-state index < -0.39 is 5.60 Å². The molecule has 21 heavy (non-hydrogen) atoms. The molecule has 1 unspecified atom stereocenters. The summed E-state index contributed by atoms with van der Waals surface area (Å²) in [5, 5.41) is 13.0. The van der Waals surface area contributed by atoms with Crippen LogP contribution in [0.25, 0.3) is 0 Å². The van der Waals surface area contributed by atoms with Gasteiger partial charge in [-0.1, -0.05) is 0 Å². The molecule has 6 nitrogen and oxygen atoms in total. The summed E-state index contributed by atoms with van der Waals surface area (Å²) >= 11 is 0. The van der Waals surface area contributed by atoms with Crippen molar-refractivity contribution in [2.24, 2.45) is 0 Å². The van der Waals surface area contributed by atoms with Crippen LogP contribution in [0.15, 0.2) is 34.9 Å². The highest BCUT2D eigenvalue weighted by molar-refractivity contribution is 5.96. The van der Waals surface area contributed by atoms with Gasteiger partial charge in [0.25, 0.3) is 5.91 Å². The van der Waals surface area contributed by atoms with E-state index in [-0.39, 0.29) is 18.3 Å². The van der Waals surface area contributed by atoms with Crippen LogP contribution in [0.3, 0.4) is 0 Å². The van der Waals surface area contributed by atoms with Gasteiger partial charge in [0.1, 0.15) is 22.7 Å². The van der Waals surface area contributed by atoms with Crippen LogP contribution in [0.4, 0.5) is 0 Å². The summed E-state index contributed by atoms with van der Waals surface area (Å²) in [7, 11) is 1.45. The molecule has 1 amide bonds. The largest absolute Gasteiger partial charge is 0.480 e. The van der Waals surface area contributed by atoms with Crippen molar-refractivity contribution in [3.8, 4) is 5.88 Å². The Morgan fingerprint density at radius 1 is 1.48 bits per heavy atom. The Morgan fingerprint density at radius 3 is 2.86 bits per heavy atom. The predicted octanol–water partition coefficient (Wildman–Crippen LogP) is 1.63. The monoisotopic (exact) mass is 290 g/mol. The lowest BCUT2D eigenvalue weighted by atomic mass is 10.0. The van der Waals surface area contributed by atoms with Gasteiger partial charge in [0.15, 0.2) is 0 Å². The van der Waals surface area contributed by atoms with E-state index in [2.05, 4.69) is 10.3 Å². The van der Waals surface area contributed by atoms with Crippen LogP contribution in [0.2, 0.25) is 0 Å². The van der Waals surface area contributed by atoms with Gasteiger partial charge >= 0.3 is 0 Å². The summed E-state index contributed by atoms with van der Waals surface area (Å²) in [6.45, 7) is 3.38. The summed E-state index contributed by atoms with van der Waals surface area (Å²) in [5.74, 6) is 0.968. The number of hydrogen-bond acceptors (Lipinski definition) is 5. The van der Waals surface area contributed by atoms with E-state index in [0.29, 0.717) is 17.1 Å². The third-order valence-electron chi connectivity index (χ3n) is 3.07. The van der Waals surface area contributed by atoms with E-state index in [9.17, 15) is 9.90 Å². The van der Waals surface area contributed by atoms with Gasteiger partial charge in [-0.05, 0) is 38.1 Å². The molecule has 2 aromatic rings. The molecule has 112 valence electrons. The highest BCUT2D eigenvalue weighted by Gasteiger charge is 2.28. The minimum absolute atomic E-state index is 0.0107. The van der Waals surface area contributed by atoms with Crippen LogP contribution in [-0.4, -0.2) is 29.7 Å². The summed E-state index contributed by atoms with van der Waals surface area (Å²) in [4.78, 5) is 16.1. The van der Waals surface area contributed by atoms with E-state index >= 15 is 0 Å². The lowest BCUT2D eigenvalue weighted by Gasteiger charge is -2.21. The van der Waals surface area contributed by atoms with Crippen LogP contribution < -0.4 is 10.1 Å². The molecular weight excluding hydrogens is 272 g/mol. The van der Waals surface area contributed by atoms with Gasteiger partial charge in [-0.2, -0.15) is 0 Å². The molecule has 0 radical (unpaired) electrons. The maximum absolute atomic E-state index is 12.1. The normalized spacial score (nSPS) is 13.5. The Morgan fingerprint density at radius 2 is 2.24 bits per heavy atom. The van der Waals surface area contributed by atoms with Gasteiger partial charge in [-0.25, -0.2) is 4.98 Å². The number of nitrogens with one attached hydrogen (secondary N) is 1. The van der Waals surface area contributed by atoms with E-state index in [1.54, 1.807) is 38.1 Å². The van der Waals surface area contributed by atoms with Crippen LogP contribution >= 0.6 is 0 Å². The van der Waals surface area contributed by atoms with Crippen molar-refractivity contribution >= 4 is 5.91 Å². The number of carbonyl (C=O) groups excluding carboxylic acids is 1. The number of aromatic nitrogens is 1. The SMILES string of the molecule is COc1ncccc1C(=O)NCC(C)(O)c1ccc(C)o1. The molecular formula is C15H18N2O4. The third-order valence-corrected chi connectivity index (χ3v) is 3.07. The lowest BCUT2D eigenvalue weighted by Crippen LogP contribution is -2.38. The smallest absolute Gasteiger partial charge is 0.256 e. The number of nitrogens with zero attached hydrogens (tertiary/aromatic N) is 1. The zero-order valence-electron chi connectivity index (χ0n) is 12.2. The van der Waals surface area contributed by atoms with E-state index in [4.69, 9.17) is 9.15 Å². The Labute approximate surface area is 122 Å². The Bertz CT molecular complexity index is 634. The van der Waals surface area contributed by atoms with Crippen molar-refractivity contribution in [1.82, 2.24) is 10.3 Å². The van der Waals surface area contributed by atoms with Crippen LogP contribution in [0.5, 0.6) is 5.88 Å². The lowest BCUT2D eigenvalue weighted by molar-refractivity contribution is 0.0323. The number of rotatable bonds is 5. The fourth-order valence-electron chi connectivity index (χ4n) is 1.89. The number of aryl methyl sites for hydroxylation is 1. The van der Waals surface area contributed by atoms with Crippen LogP contribution in [0.1, 0.15) is 28.8 Å². The second-order valence-corrected chi connectivity index (χ2v) is 4.93. The minimum atomic E-state index is -1.29. The zero-order chi connectivity index (χ0) is 15.5. The molecule has 6 heteroatoms. The summed E-state index contributed by atoms with van der Waals surface area (Å²) in [5.41, 5.74) is -0.981. The predicted molar refractivity (Wildman–Crippen MR) is 76.1 cm³/mol. The molecule has 0 aliphatic heterocycles. The fourth-order valence-corrected chi connectivity index (χ4v) is 1.89. The highest BCUT2D eigenvalue weighted by atomic mass is 16.5. The van der Waals surface area contributed by atoms with Crippen molar-refractivity contribution < 1.29 is 19.1 Å². The number of aliphatic hydroxyl groups is 1.